The number of hydrogen-bond acceptors (Lipinski definition) is 2. The maximum Gasteiger partial charge on any atom is 0.227 e. The van der Waals surface area contributed by atoms with Crippen LogP contribution in [-0.2, 0) is 15.0 Å². The van der Waals surface area contributed by atoms with E-state index in [9.17, 15) is 9.59 Å². The molecule has 0 aliphatic heterocycles. The van der Waals surface area contributed by atoms with E-state index >= 15 is 0 Å². The molecule has 2 fully saturated rings. The van der Waals surface area contributed by atoms with Gasteiger partial charge in [-0.05, 0) is 55.6 Å². The van der Waals surface area contributed by atoms with Gasteiger partial charge in [0.2, 0.25) is 11.8 Å². The molecule has 0 radical (unpaired) electrons. The van der Waals surface area contributed by atoms with Gasteiger partial charge in [-0.1, -0.05) is 39.0 Å². The summed E-state index contributed by atoms with van der Waals surface area (Å²) in [6, 6.07) is 8.45. The van der Waals surface area contributed by atoms with Crippen molar-refractivity contribution in [2.45, 2.75) is 70.8 Å². The van der Waals surface area contributed by atoms with E-state index in [4.69, 9.17) is 0 Å². The fourth-order valence-electron chi connectivity index (χ4n) is 3.65. The molecule has 0 aromatic heterocycles. The van der Waals surface area contributed by atoms with Crippen molar-refractivity contribution in [2.75, 3.05) is 5.32 Å². The van der Waals surface area contributed by atoms with Crippen LogP contribution in [0.5, 0.6) is 0 Å². The average Bonchev–Trinajstić information content (AvgIpc) is 3.38. The first kappa shape index (κ1) is 18.0. The van der Waals surface area contributed by atoms with Crippen LogP contribution in [0.15, 0.2) is 24.3 Å². The topological polar surface area (TPSA) is 58.2 Å². The van der Waals surface area contributed by atoms with Crippen LogP contribution in [0.2, 0.25) is 0 Å². The standard InChI is InChI=1S/C21H30N2O2/c1-21(2,3)17-6-4-5-7-18(17)23-20(25)15-10-8-14(9-11-15)19(24)22-16-12-13-16/h4-7,14-16H,8-13H2,1-3H3,(H,22,24)(H,23,25). The van der Waals surface area contributed by atoms with Gasteiger partial charge in [-0.3, -0.25) is 9.59 Å². The molecule has 136 valence electrons. The van der Waals surface area contributed by atoms with E-state index in [0.717, 1.165) is 49.8 Å². The predicted molar refractivity (Wildman–Crippen MR) is 100 cm³/mol. The lowest BCUT2D eigenvalue weighted by molar-refractivity contribution is -0.128. The third-order valence-corrected chi connectivity index (χ3v) is 5.39. The molecule has 0 atom stereocenters. The molecule has 4 nitrogen and oxygen atoms in total. The van der Waals surface area contributed by atoms with Crippen molar-refractivity contribution in [1.82, 2.24) is 5.32 Å². The van der Waals surface area contributed by atoms with Crippen LogP contribution in [0.1, 0.15) is 64.9 Å². The van der Waals surface area contributed by atoms with Gasteiger partial charge >= 0.3 is 0 Å². The lowest BCUT2D eigenvalue weighted by Crippen LogP contribution is -2.36. The molecule has 25 heavy (non-hydrogen) atoms. The third kappa shape index (κ3) is 4.62. The van der Waals surface area contributed by atoms with Gasteiger partial charge in [0.15, 0.2) is 0 Å². The van der Waals surface area contributed by atoms with Crippen LogP contribution in [0.4, 0.5) is 5.69 Å². The second-order valence-electron chi connectivity index (χ2n) is 8.62. The van der Waals surface area contributed by atoms with Gasteiger partial charge in [0.25, 0.3) is 0 Å². The Morgan fingerprint density at radius 3 is 2.00 bits per heavy atom. The first-order chi connectivity index (χ1) is 11.8. The summed E-state index contributed by atoms with van der Waals surface area (Å²) in [5.41, 5.74) is 2.05. The third-order valence-electron chi connectivity index (χ3n) is 5.39. The van der Waals surface area contributed by atoms with Crippen molar-refractivity contribution in [3.8, 4) is 0 Å². The maximum atomic E-state index is 12.7. The van der Waals surface area contributed by atoms with E-state index < -0.39 is 0 Å². The SMILES string of the molecule is CC(C)(C)c1ccccc1NC(=O)C1CCC(C(=O)NC2CC2)CC1. The molecule has 3 rings (SSSR count). The number of nitrogens with one attached hydrogen (secondary N) is 2. The molecule has 1 aromatic carbocycles. The van der Waals surface area contributed by atoms with Crippen molar-refractivity contribution in [1.29, 1.82) is 0 Å². The predicted octanol–water partition coefficient (Wildman–Crippen LogP) is 4.01. The van der Waals surface area contributed by atoms with Gasteiger partial charge in [-0.25, -0.2) is 0 Å². The molecule has 0 spiro atoms. The minimum absolute atomic E-state index is 0.0115. The number of carbonyl (C=O) groups is 2. The normalized spacial score (nSPS) is 23.8. The smallest absolute Gasteiger partial charge is 0.227 e. The molecule has 0 bridgehead atoms. The summed E-state index contributed by atoms with van der Waals surface area (Å²) in [6.07, 6.45) is 5.47. The first-order valence-corrected chi connectivity index (χ1v) is 9.55. The van der Waals surface area contributed by atoms with Crippen LogP contribution < -0.4 is 10.6 Å². The molecular weight excluding hydrogens is 312 g/mol. The second-order valence-corrected chi connectivity index (χ2v) is 8.62. The molecule has 0 heterocycles. The molecular formula is C21H30N2O2. The number of carbonyl (C=O) groups excluding carboxylic acids is 2. The summed E-state index contributed by atoms with van der Waals surface area (Å²) in [5.74, 6) is 0.390. The fraction of sp³-hybridized carbons (Fsp3) is 0.619. The van der Waals surface area contributed by atoms with E-state index in [1.807, 2.05) is 18.2 Å². The van der Waals surface area contributed by atoms with E-state index in [2.05, 4.69) is 37.5 Å². The molecule has 0 unspecified atom stereocenters. The quantitative estimate of drug-likeness (QED) is 0.868. The van der Waals surface area contributed by atoms with E-state index in [1.165, 1.54) is 0 Å². The Morgan fingerprint density at radius 1 is 0.880 bits per heavy atom. The zero-order chi connectivity index (χ0) is 18.0. The van der Waals surface area contributed by atoms with Crippen molar-refractivity contribution < 1.29 is 9.59 Å². The number of hydrogen-bond donors (Lipinski definition) is 2. The van der Waals surface area contributed by atoms with E-state index in [1.54, 1.807) is 0 Å². The average molecular weight is 342 g/mol. The van der Waals surface area contributed by atoms with E-state index in [0.29, 0.717) is 6.04 Å². The summed E-state index contributed by atoms with van der Waals surface area (Å²) >= 11 is 0. The Hall–Kier alpha value is -1.84. The van der Waals surface area contributed by atoms with Crippen molar-refractivity contribution >= 4 is 17.5 Å². The second kappa shape index (κ2) is 7.19. The van der Waals surface area contributed by atoms with Gasteiger partial charge in [-0.15, -0.1) is 0 Å². The maximum absolute atomic E-state index is 12.7. The van der Waals surface area contributed by atoms with Crippen LogP contribution in [-0.4, -0.2) is 17.9 Å². The van der Waals surface area contributed by atoms with Gasteiger partial charge < -0.3 is 10.6 Å². The highest BCUT2D eigenvalue weighted by molar-refractivity contribution is 5.93. The Bertz CT molecular complexity index is 636. The summed E-state index contributed by atoms with van der Waals surface area (Å²) in [4.78, 5) is 24.9. The molecule has 2 saturated carbocycles. The highest BCUT2D eigenvalue weighted by Gasteiger charge is 2.33. The number of para-hydroxylation sites is 1. The van der Waals surface area contributed by atoms with Gasteiger partial charge in [-0.2, -0.15) is 0 Å². The number of amides is 2. The van der Waals surface area contributed by atoms with Crippen LogP contribution in [0.25, 0.3) is 0 Å². The fourth-order valence-corrected chi connectivity index (χ4v) is 3.65. The molecule has 2 N–H and O–H groups in total. The lowest BCUT2D eigenvalue weighted by atomic mass is 9.80. The largest absolute Gasteiger partial charge is 0.353 e. The van der Waals surface area contributed by atoms with Crippen LogP contribution >= 0.6 is 0 Å². The van der Waals surface area contributed by atoms with Gasteiger partial charge in [0.05, 0.1) is 0 Å². The Labute approximate surface area is 150 Å². The summed E-state index contributed by atoms with van der Waals surface area (Å²) in [7, 11) is 0. The Morgan fingerprint density at radius 2 is 1.44 bits per heavy atom. The van der Waals surface area contributed by atoms with Crippen molar-refractivity contribution in [3.63, 3.8) is 0 Å². The first-order valence-electron chi connectivity index (χ1n) is 9.55. The van der Waals surface area contributed by atoms with Gasteiger partial charge in [0.1, 0.15) is 0 Å². The zero-order valence-corrected chi connectivity index (χ0v) is 15.6. The summed E-state index contributed by atoms with van der Waals surface area (Å²) < 4.78 is 0. The summed E-state index contributed by atoms with van der Waals surface area (Å²) in [5, 5.41) is 6.23. The van der Waals surface area contributed by atoms with Crippen molar-refractivity contribution in [2.24, 2.45) is 11.8 Å². The molecule has 0 saturated heterocycles. The minimum atomic E-state index is -0.0115. The Balaban J connectivity index is 1.56. The monoisotopic (exact) mass is 342 g/mol. The number of anilines is 1. The molecule has 2 aliphatic rings. The van der Waals surface area contributed by atoms with Crippen LogP contribution in [0, 0.1) is 11.8 Å². The molecule has 2 aliphatic carbocycles. The van der Waals surface area contributed by atoms with Crippen LogP contribution in [0.3, 0.4) is 0 Å². The summed E-state index contributed by atoms with van der Waals surface area (Å²) in [6.45, 7) is 6.46. The van der Waals surface area contributed by atoms with E-state index in [-0.39, 0.29) is 29.1 Å². The number of benzene rings is 1. The molecule has 4 heteroatoms. The Kier molecular flexibility index (Phi) is 5.16. The number of rotatable bonds is 4. The highest BCUT2D eigenvalue weighted by Crippen LogP contribution is 2.33. The molecule has 1 aromatic rings. The minimum Gasteiger partial charge on any atom is -0.353 e. The lowest BCUT2D eigenvalue weighted by Gasteiger charge is -2.28. The zero-order valence-electron chi connectivity index (χ0n) is 15.6. The highest BCUT2D eigenvalue weighted by atomic mass is 16.2. The molecule has 2 amide bonds. The van der Waals surface area contributed by atoms with Crippen molar-refractivity contribution in [3.05, 3.63) is 29.8 Å². The van der Waals surface area contributed by atoms with Gasteiger partial charge in [0, 0.05) is 23.6 Å².